The predicted molar refractivity (Wildman–Crippen MR) is 118 cm³/mol. The van der Waals surface area contributed by atoms with Gasteiger partial charge in [-0.15, -0.1) is 10.2 Å². The van der Waals surface area contributed by atoms with Crippen LogP contribution in [-0.2, 0) is 17.6 Å². The van der Waals surface area contributed by atoms with Gasteiger partial charge in [-0.3, -0.25) is 14.9 Å². The summed E-state index contributed by atoms with van der Waals surface area (Å²) in [5.74, 6) is 0.529. The van der Waals surface area contributed by atoms with Crippen LogP contribution in [0.5, 0.6) is 5.75 Å². The van der Waals surface area contributed by atoms with Crippen molar-refractivity contribution in [2.45, 2.75) is 32.6 Å². The van der Waals surface area contributed by atoms with Crippen LogP contribution >= 0.6 is 11.3 Å². The molecule has 0 saturated heterocycles. The van der Waals surface area contributed by atoms with E-state index in [2.05, 4.69) is 20.8 Å². The maximum absolute atomic E-state index is 12.4. The molecule has 0 radical (unpaired) electrons. The molecule has 0 aliphatic carbocycles. The zero-order chi connectivity index (χ0) is 21.3. The fourth-order valence-corrected chi connectivity index (χ4v) is 3.51. The van der Waals surface area contributed by atoms with Gasteiger partial charge in [-0.25, -0.2) is 0 Å². The van der Waals surface area contributed by atoms with Gasteiger partial charge in [0.1, 0.15) is 10.8 Å². The van der Waals surface area contributed by atoms with Gasteiger partial charge in [-0.2, -0.15) is 0 Å². The summed E-state index contributed by atoms with van der Waals surface area (Å²) in [7, 11) is 1.64. The summed E-state index contributed by atoms with van der Waals surface area (Å²) in [6.07, 6.45) is 2.83. The zero-order valence-electron chi connectivity index (χ0n) is 17.0. The molecule has 1 aromatic heterocycles. The largest absolute Gasteiger partial charge is 0.497 e. The second kappa shape index (κ2) is 10.5. The SMILES string of the molecule is CCCC(=O)Nc1ccc(C(=O)Nc2nnc(CCc3ccc(OC)cc3)s2)cc1. The number of aryl methyl sites for hydroxylation is 2. The molecule has 7 nitrogen and oxygen atoms in total. The fourth-order valence-electron chi connectivity index (χ4n) is 2.77. The average molecular weight is 425 g/mol. The second-order valence-corrected chi connectivity index (χ2v) is 7.74. The minimum Gasteiger partial charge on any atom is -0.497 e. The van der Waals surface area contributed by atoms with Crippen LogP contribution in [0.15, 0.2) is 48.5 Å². The molecule has 3 rings (SSSR count). The van der Waals surface area contributed by atoms with Crippen molar-refractivity contribution in [2.24, 2.45) is 0 Å². The van der Waals surface area contributed by atoms with Crippen LogP contribution in [0.3, 0.4) is 0 Å². The third kappa shape index (κ3) is 6.12. The second-order valence-electron chi connectivity index (χ2n) is 6.68. The Morgan fingerprint density at radius 2 is 1.70 bits per heavy atom. The van der Waals surface area contributed by atoms with E-state index >= 15 is 0 Å². The summed E-state index contributed by atoms with van der Waals surface area (Å²) in [4.78, 5) is 24.1. The van der Waals surface area contributed by atoms with Crippen LogP contribution in [0.4, 0.5) is 10.8 Å². The Labute approximate surface area is 179 Å². The summed E-state index contributed by atoms with van der Waals surface area (Å²) >= 11 is 1.36. The van der Waals surface area contributed by atoms with E-state index in [1.807, 2.05) is 31.2 Å². The van der Waals surface area contributed by atoms with Crippen molar-refractivity contribution in [2.75, 3.05) is 17.7 Å². The Bertz CT molecular complexity index is 984. The Morgan fingerprint density at radius 1 is 0.967 bits per heavy atom. The molecule has 0 aliphatic heterocycles. The molecule has 0 atom stereocenters. The number of rotatable bonds is 9. The number of carbonyl (C=O) groups excluding carboxylic acids is 2. The molecular weight excluding hydrogens is 400 g/mol. The summed E-state index contributed by atoms with van der Waals surface area (Å²) in [5, 5.41) is 15.1. The van der Waals surface area contributed by atoms with Crippen molar-refractivity contribution in [3.63, 3.8) is 0 Å². The lowest BCUT2D eigenvalue weighted by Crippen LogP contribution is -2.13. The van der Waals surface area contributed by atoms with Gasteiger partial charge < -0.3 is 10.1 Å². The number of amides is 2. The molecule has 2 amide bonds. The number of methoxy groups -OCH3 is 1. The zero-order valence-corrected chi connectivity index (χ0v) is 17.8. The number of aromatic nitrogens is 2. The van der Waals surface area contributed by atoms with Crippen LogP contribution in [-0.4, -0.2) is 29.1 Å². The van der Waals surface area contributed by atoms with Crippen LogP contribution in [0.25, 0.3) is 0 Å². The standard InChI is InChI=1S/C22H24N4O3S/c1-3-4-19(27)23-17-10-8-16(9-11-17)21(28)24-22-26-25-20(30-22)14-7-15-5-12-18(29-2)13-6-15/h5-6,8-13H,3-4,7,14H2,1-2H3,(H,23,27)(H,24,26,28). The lowest BCUT2D eigenvalue weighted by atomic mass is 10.1. The minimum absolute atomic E-state index is 0.0364. The highest BCUT2D eigenvalue weighted by atomic mass is 32.1. The number of hydrogen-bond donors (Lipinski definition) is 2. The predicted octanol–water partition coefficient (Wildman–Crippen LogP) is 4.32. The molecular formula is C22H24N4O3S. The van der Waals surface area contributed by atoms with Crippen molar-refractivity contribution >= 4 is 34.0 Å². The Balaban J connectivity index is 1.52. The highest BCUT2D eigenvalue weighted by molar-refractivity contribution is 7.15. The minimum atomic E-state index is -0.265. The Kier molecular flexibility index (Phi) is 7.51. The number of carbonyl (C=O) groups is 2. The molecule has 30 heavy (non-hydrogen) atoms. The number of nitrogens with zero attached hydrogens (tertiary/aromatic N) is 2. The molecule has 0 spiro atoms. The molecule has 0 bridgehead atoms. The lowest BCUT2D eigenvalue weighted by molar-refractivity contribution is -0.116. The molecule has 0 saturated carbocycles. The van der Waals surface area contributed by atoms with Crippen LogP contribution in [0.2, 0.25) is 0 Å². The highest BCUT2D eigenvalue weighted by Gasteiger charge is 2.11. The van der Waals surface area contributed by atoms with E-state index in [9.17, 15) is 9.59 Å². The molecule has 2 aromatic carbocycles. The Hall–Kier alpha value is -3.26. The summed E-state index contributed by atoms with van der Waals surface area (Å²) in [5.41, 5.74) is 2.34. The maximum atomic E-state index is 12.4. The smallest absolute Gasteiger partial charge is 0.257 e. The van der Waals surface area contributed by atoms with E-state index in [4.69, 9.17) is 4.74 Å². The highest BCUT2D eigenvalue weighted by Crippen LogP contribution is 2.20. The third-order valence-electron chi connectivity index (χ3n) is 4.38. The van der Waals surface area contributed by atoms with Gasteiger partial charge >= 0.3 is 0 Å². The molecule has 3 aromatic rings. The topological polar surface area (TPSA) is 93.2 Å². The molecule has 0 unspecified atom stereocenters. The molecule has 8 heteroatoms. The quantitative estimate of drug-likeness (QED) is 0.533. The molecule has 1 heterocycles. The lowest BCUT2D eigenvalue weighted by Gasteiger charge is -2.05. The number of nitrogens with one attached hydrogen (secondary N) is 2. The summed E-state index contributed by atoms with van der Waals surface area (Å²) < 4.78 is 5.16. The van der Waals surface area contributed by atoms with E-state index < -0.39 is 0 Å². The van der Waals surface area contributed by atoms with Crippen molar-refractivity contribution in [1.82, 2.24) is 10.2 Å². The molecule has 156 valence electrons. The summed E-state index contributed by atoms with van der Waals surface area (Å²) in [6, 6.07) is 14.7. The van der Waals surface area contributed by atoms with Crippen molar-refractivity contribution in [1.29, 1.82) is 0 Å². The number of anilines is 2. The van der Waals surface area contributed by atoms with Gasteiger partial charge in [0, 0.05) is 24.1 Å². The van der Waals surface area contributed by atoms with Gasteiger partial charge in [0.05, 0.1) is 7.11 Å². The Morgan fingerprint density at radius 3 is 2.37 bits per heavy atom. The van der Waals surface area contributed by atoms with Crippen LogP contribution in [0.1, 0.15) is 40.7 Å². The number of benzene rings is 2. The first-order valence-corrected chi connectivity index (χ1v) is 10.6. The van der Waals surface area contributed by atoms with E-state index in [-0.39, 0.29) is 11.8 Å². The monoisotopic (exact) mass is 424 g/mol. The van der Waals surface area contributed by atoms with E-state index in [1.165, 1.54) is 16.9 Å². The van der Waals surface area contributed by atoms with E-state index in [0.29, 0.717) is 22.8 Å². The normalized spacial score (nSPS) is 10.5. The molecule has 2 N–H and O–H groups in total. The fraction of sp³-hybridized carbons (Fsp3) is 0.273. The van der Waals surface area contributed by atoms with Gasteiger partial charge in [0.25, 0.3) is 5.91 Å². The van der Waals surface area contributed by atoms with E-state index in [0.717, 1.165) is 30.0 Å². The molecule has 0 fully saturated rings. The van der Waals surface area contributed by atoms with Crippen molar-refractivity contribution in [3.05, 3.63) is 64.7 Å². The van der Waals surface area contributed by atoms with Gasteiger partial charge in [-0.05, 0) is 54.8 Å². The van der Waals surface area contributed by atoms with Crippen LogP contribution < -0.4 is 15.4 Å². The first-order chi connectivity index (χ1) is 14.6. The number of ether oxygens (including phenoxy) is 1. The van der Waals surface area contributed by atoms with Crippen LogP contribution in [0, 0.1) is 0 Å². The third-order valence-corrected chi connectivity index (χ3v) is 5.28. The first kappa shape index (κ1) is 21.4. The van der Waals surface area contributed by atoms with Crippen molar-refractivity contribution in [3.8, 4) is 5.75 Å². The summed E-state index contributed by atoms with van der Waals surface area (Å²) in [6.45, 7) is 1.95. The van der Waals surface area contributed by atoms with Gasteiger partial charge in [0.2, 0.25) is 11.0 Å². The molecule has 0 aliphatic rings. The van der Waals surface area contributed by atoms with Gasteiger partial charge in [0.15, 0.2) is 0 Å². The maximum Gasteiger partial charge on any atom is 0.257 e. The van der Waals surface area contributed by atoms with Gasteiger partial charge in [-0.1, -0.05) is 30.4 Å². The number of hydrogen-bond acceptors (Lipinski definition) is 6. The first-order valence-electron chi connectivity index (χ1n) is 9.74. The van der Waals surface area contributed by atoms with E-state index in [1.54, 1.807) is 31.4 Å². The van der Waals surface area contributed by atoms with Crippen molar-refractivity contribution < 1.29 is 14.3 Å². The average Bonchev–Trinajstić information content (AvgIpc) is 3.20.